The predicted molar refractivity (Wildman–Crippen MR) is 87.4 cm³/mol. The molecule has 0 aliphatic heterocycles. The minimum atomic E-state index is -2.08. The third-order valence-corrected chi connectivity index (χ3v) is 2.71. The van der Waals surface area contributed by atoms with E-state index in [2.05, 4.69) is 0 Å². The number of carbonyl (C=O) groups is 3. The largest absolute Gasteiger partial charge is 1.00 e. The van der Waals surface area contributed by atoms with E-state index in [0.29, 0.717) is 0 Å². The van der Waals surface area contributed by atoms with Crippen molar-refractivity contribution < 1.29 is 90.4 Å². The number of rotatable bonds is 6. The molecule has 0 heterocycles. The van der Waals surface area contributed by atoms with Crippen molar-refractivity contribution in [3.8, 4) is 0 Å². The number of hydrogen-bond acceptors (Lipinski definition) is 8. The summed E-state index contributed by atoms with van der Waals surface area (Å²) in [7, 11) is 0. The second-order valence-corrected chi connectivity index (χ2v) is 4.66. The van der Waals surface area contributed by atoms with Gasteiger partial charge < -0.3 is 24.5 Å². The molecule has 0 saturated heterocycles. The normalized spacial score (nSPS) is 8.85. The smallest absolute Gasteiger partial charge is 0.565 e. The van der Waals surface area contributed by atoms with Crippen LogP contribution in [0.15, 0.2) is 23.8 Å². The van der Waals surface area contributed by atoms with Crippen molar-refractivity contribution in [1.29, 1.82) is 0 Å². The van der Waals surface area contributed by atoms with E-state index in [9.17, 15) is 19.7 Å². The summed E-state index contributed by atoms with van der Waals surface area (Å²) in [6.45, 7) is 3.26. The molecule has 10 nitrogen and oxygen atoms in total. The fraction of sp³-hybridized carbons (Fsp3) is 0.267. The Hall–Kier alpha value is -1.50. The first-order valence-electron chi connectivity index (χ1n) is 7.03. The van der Waals surface area contributed by atoms with Crippen LogP contribution in [0.5, 0.6) is 0 Å². The maximum Gasteiger partial charge on any atom is 1.00 e. The van der Waals surface area contributed by atoms with Gasteiger partial charge in [0, 0.05) is 11.1 Å². The maximum atomic E-state index is 11.8. The topological polar surface area (TPSA) is 156 Å². The molecule has 1 N–H and O–H groups in total. The van der Waals surface area contributed by atoms with Crippen LogP contribution < -0.4 is 56.5 Å². The van der Waals surface area contributed by atoms with E-state index >= 15 is 0 Å². The molecule has 0 saturated carbocycles. The Kier molecular flexibility index (Phi) is 14.9. The van der Waals surface area contributed by atoms with Crippen LogP contribution in [0.1, 0.15) is 19.4 Å². The average molecular weight is 428 g/mol. The van der Waals surface area contributed by atoms with Crippen molar-refractivity contribution in [1.82, 2.24) is 0 Å². The quantitative estimate of drug-likeness (QED) is 0.110. The van der Waals surface area contributed by atoms with E-state index in [1.807, 2.05) is 0 Å². The van der Waals surface area contributed by atoms with Crippen molar-refractivity contribution in [2.45, 2.75) is 13.8 Å². The number of hydrogen-bond donors (Lipinski definition) is 1. The standard InChI is InChI=1S/C14H14ClNO6.CH2O3.K/c1-3-21-13(17)11(14(18)22-4-2)7-9-5-6-10(15)8-12(9)16(19)20;2-1(3)4;/h5-8H,3-4H2,1-2H3;(H2,2,3,4);/q;;+1/p-1. The Labute approximate surface area is 201 Å². The predicted octanol–water partition coefficient (Wildman–Crippen LogP) is -1.35. The van der Waals surface area contributed by atoms with Crippen LogP contribution in [0.25, 0.3) is 6.08 Å². The number of halogens is 1. The molecular weight excluding hydrogens is 413 g/mol. The monoisotopic (exact) mass is 427 g/mol. The summed E-state index contributed by atoms with van der Waals surface area (Å²) in [5.41, 5.74) is -0.710. The Morgan fingerprint density at radius 1 is 1.19 bits per heavy atom. The number of benzene rings is 1. The number of carbonyl (C=O) groups excluding carboxylic acids is 2. The molecule has 0 aromatic heterocycles. The van der Waals surface area contributed by atoms with Crippen molar-refractivity contribution in [3.05, 3.63) is 44.5 Å². The van der Waals surface area contributed by atoms with E-state index in [-0.39, 0.29) is 80.9 Å². The molecule has 12 heteroatoms. The van der Waals surface area contributed by atoms with Crippen molar-refractivity contribution in [2.24, 2.45) is 0 Å². The fourth-order valence-electron chi connectivity index (χ4n) is 1.57. The molecule has 1 rings (SSSR count). The van der Waals surface area contributed by atoms with Crippen molar-refractivity contribution in [3.63, 3.8) is 0 Å². The summed E-state index contributed by atoms with van der Waals surface area (Å²) in [4.78, 5) is 42.5. The Bertz CT molecular complexity index is 697. The Morgan fingerprint density at radius 3 is 2.00 bits per heavy atom. The first-order chi connectivity index (χ1) is 12.1. The minimum absolute atomic E-state index is 0. The molecule has 0 amide bonds. The number of nitro benzene ring substituents is 1. The molecule has 0 aliphatic carbocycles. The molecule has 0 radical (unpaired) electrons. The van der Waals surface area contributed by atoms with Crippen LogP contribution in [0.3, 0.4) is 0 Å². The molecule has 0 unspecified atom stereocenters. The summed E-state index contributed by atoms with van der Waals surface area (Å²) < 4.78 is 9.53. The van der Waals surface area contributed by atoms with Crippen LogP contribution in [0, 0.1) is 10.1 Å². The summed E-state index contributed by atoms with van der Waals surface area (Å²) in [5, 5.41) is 26.5. The molecule has 0 fully saturated rings. The minimum Gasteiger partial charge on any atom is -0.565 e. The van der Waals surface area contributed by atoms with Crippen LogP contribution >= 0.6 is 11.6 Å². The molecule has 1 aromatic rings. The molecule has 0 aliphatic rings. The molecule has 0 spiro atoms. The van der Waals surface area contributed by atoms with E-state index in [0.717, 1.165) is 12.1 Å². The Balaban J connectivity index is 0. The third kappa shape index (κ3) is 11.0. The van der Waals surface area contributed by atoms with Gasteiger partial charge in [-0.15, -0.1) is 0 Å². The van der Waals surface area contributed by atoms with Crippen LogP contribution in [-0.4, -0.2) is 41.3 Å². The van der Waals surface area contributed by atoms with Gasteiger partial charge in [0.1, 0.15) is 5.57 Å². The van der Waals surface area contributed by atoms with Crippen molar-refractivity contribution in [2.75, 3.05) is 13.2 Å². The summed E-state index contributed by atoms with van der Waals surface area (Å²) in [5.74, 6) is -1.82. The van der Waals surface area contributed by atoms with Gasteiger partial charge in [-0.3, -0.25) is 10.1 Å². The number of esters is 2. The zero-order valence-electron chi connectivity index (χ0n) is 14.8. The van der Waals surface area contributed by atoms with Crippen molar-refractivity contribution >= 4 is 41.5 Å². The first-order valence-corrected chi connectivity index (χ1v) is 7.41. The maximum absolute atomic E-state index is 11.8. The molecule has 0 atom stereocenters. The van der Waals surface area contributed by atoms with E-state index in [1.54, 1.807) is 13.8 Å². The molecule has 0 bridgehead atoms. The van der Waals surface area contributed by atoms with E-state index in [1.165, 1.54) is 12.1 Å². The summed E-state index contributed by atoms with van der Waals surface area (Å²) in [6, 6.07) is 3.87. The Morgan fingerprint density at radius 2 is 1.63 bits per heavy atom. The van der Waals surface area contributed by atoms with Gasteiger partial charge in [0.15, 0.2) is 0 Å². The SMILES string of the molecule is CCOC(=O)C(=Cc1ccc(Cl)cc1[N+](=O)[O-])C(=O)OCC.O=C([O-])O.[K+]. The summed E-state index contributed by atoms with van der Waals surface area (Å²) >= 11 is 5.71. The van der Waals surface area contributed by atoms with E-state index in [4.69, 9.17) is 36.1 Å². The van der Waals surface area contributed by atoms with Gasteiger partial charge in [-0.2, -0.15) is 0 Å². The second kappa shape index (κ2) is 14.5. The van der Waals surface area contributed by atoms with Crippen LogP contribution in [-0.2, 0) is 19.1 Å². The second-order valence-electron chi connectivity index (χ2n) is 4.23. The number of carboxylic acid groups (broad SMARTS) is 2. The number of nitro groups is 1. The van der Waals surface area contributed by atoms with Crippen LogP contribution in [0.2, 0.25) is 5.02 Å². The van der Waals surface area contributed by atoms with E-state index < -0.39 is 28.6 Å². The van der Waals surface area contributed by atoms with Gasteiger partial charge in [-0.05, 0) is 32.1 Å². The molecule has 142 valence electrons. The van der Waals surface area contributed by atoms with Gasteiger partial charge in [0.2, 0.25) is 6.16 Å². The number of ether oxygens (including phenoxy) is 2. The average Bonchev–Trinajstić information content (AvgIpc) is 2.53. The molecular formula is C15H15ClKNO9. The fourth-order valence-corrected chi connectivity index (χ4v) is 1.74. The van der Waals surface area contributed by atoms with Gasteiger partial charge >= 0.3 is 63.3 Å². The summed E-state index contributed by atoms with van der Waals surface area (Å²) in [6.07, 6.45) is -1.02. The first kappa shape index (κ1) is 27.7. The van der Waals surface area contributed by atoms with Crippen LogP contribution in [0.4, 0.5) is 10.5 Å². The van der Waals surface area contributed by atoms with Gasteiger partial charge in [-0.25, -0.2) is 9.59 Å². The van der Waals surface area contributed by atoms with Gasteiger partial charge in [0.05, 0.1) is 23.7 Å². The number of nitrogens with zero attached hydrogens (tertiary/aromatic N) is 1. The molecule has 27 heavy (non-hydrogen) atoms. The zero-order chi connectivity index (χ0) is 20.3. The zero-order valence-corrected chi connectivity index (χ0v) is 18.6. The third-order valence-electron chi connectivity index (χ3n) is 2.48. The van der Waals surface area contributed by atoms with Gasteiger partial charge in [0.25, 0.3) is 5.69 Å². The molecule has 1 aromatic carbocycles. The van der Waals surface area contributed by atoms with Gasteiger partial charge in [-0.1, -0.05) is 11.6 Å².